The van der Waals surface area contributed by atoms with Crippen LogP contribution >= 0.6 is 0 Å². The van der Waals surface area contributed by atoms with Crippen molar-refractivity contribution in [2.45, 2.75) is 77.3 Å². The van der Waals surface area contributed by atoms with Crippen LogP contribution in [-0.2, 0) is 0 Å². The van der Waals surface area contributed by atoms with E-state index >= 15 is 0 Å². The van der Waals surface area contributed by atoms with E-state index in [1.165, 1.54) is 51.4 Å². The molecule has 0 saturated heterocycles. The normalized spacial score (nSPS) is 27.9. The van der Waals surface area contributed by atoms with Crippen molar-refractivity contribution in [3.8, 4) is 0 Å². The molecule has 2 nitrogen and oxygen atoms in total. The minimum atomic E-state index is 0.363. The molecule has 0 aliphatic heterocycles. The first-order valence-corrected chi connectivity index (χ1v) is 7.18. The maximum Gasteiger partial charge on any atom is 0.0474 e. The highest BCUT2D eigenvalue weighted by atomic mass is 16.3. The second-order valence-electron chi connectivity index (χ2n) is 5.25. The van der Waals surface area contributed by atoms with Gasteiger partial charge in [0.2, 0.25) is 0 Å². The lowest BCUT2D eigenvalue weighted by atomic mass is 9.84. The van der Waals surface area contributed by atoms with Crippen LogP contribution in [0, 0.1) is 5.92 Å². The molecule has 96 valence electrons. The largest absolute Gasteiger partial charge is 0.396 e. The van der Waals surface area contributed by atoms with Gasteiger partial charge in [-0.1, -0.05) is 39.5 Å². The predicted molar refractivity (Wildman–Crippen MR) is 69.6 cm³/mol. The third-order valence-electron chi connectivity index (χ3n) is 3.99. The molecule has 3 unspecified atom stereocenters. The van der Waals surface area contributed by atoms with Gasteiger partial charge in [0.15, 0.2) is 0 Å². The lowest BCUT2D eigenvalue weighted by molar-refractivity contribution is 0.143. The van der Waals surface area contributed by atoms with Gasteiger partial charge in [-0.15, -0.1) is 0 Å². The number of aliphatic hydroxyl groups is 1. The molecule has 2 heteroatoms. The lowest BCUT2D eigenvalue weighted by Gasteiger charge is -2.34. The van der Waals surface area contributed by atoms with E-state index in [4.69, 9.17) is 0 Å². The van der Waals surface area contributed by atoms with Gasteiger partial charge in [-0.2, -0.15) is 0 Å². The summed E-state index contributed by atoms with van der Waals surface area (Å²) in [5.74, 6) is 0.504. The van der Waals surface area contributed by atoms with Gasteiger partial charge in [-0.05, 0) is 31.6 Å². The van der Waals surface area contributed by atoms with Crippen LogP contribution in [0.2, 0.25) is 0 Å². The summed E-state index contributed by atoms with van der Waals surface area (Å²) in [5, 5.41) is 13.2. The van der Waals surface area contributed by atoms with Crippen LogP contribution in [0.25, 0.3) is 0 Å². The number of aliphatic hydroxyl groups excluding tert-OH is 1. The molecule has 1 aliphatic rings. The molecule has 2 N–H and O–H groups in total. The topological polar surface area (TPSA) is 32.3 Å². The Balaban J connectivity index is 2.35. The average molecular weight is 227 g/mol. The van der Waals surface area contributed by atoms with Gasteiger partial charge >= 0.3 is 0 Å². The van der Waals surface area contributed by atoms with Crippen LogP contribution < -0.4 is 5.32 Å². The first kappa shape index (κ1) is 14.0. The Bertz CT molecular complexity index is 172. The number of hydrogen-bond donors (Lipinski definition) is 2. The zero-order chi connectivity index (χ0) is 11.8. The van der Waals surface area contributed by atoms with Gasteiger partial charge in [0.25, 0.3) is 0 Å². The van der Waals surface area contributed by atoms with E-state index in [9.17, 15) is 5.11 Å². The van der Waals surface area contributed by atoms with E-state index in [2.05, 4.69) is 19.2 Å². The number of hydrogen-bond acceptors (Lipinski definition) is 2. The van der Waals surface area contributed by atoms with Crippen molar-refractivity contribution in [3.63, 3.8) is 0 Å². The van der Waals surface area contributed by atoms with Crippen molar-refractivity contribution in [3.05, 3.63) is 0 Å². The van der Waals surface area contributed by atoms with Crippen LogP contribution in [0.1, 0.15) is 65.2 Å². The molecule has 0 heterocycles. The van der Waals surface area contributed by atoms with E-state index < -0.39 is 0 Å². The molecular weight excluding hydrogens is 198 g/mol. The molecule has 1 aliphatic carbocycles. The number of rotatable bonds is 7. The van der Waals surface area contributed by atoms with Crippen molar-refractivity contribution in [1.29, 1.82) is 0 Å². The van der Waals surface area contributed by atoms with Crippen LogP contribution in [0.5, 0.6) is 0 Å². The van der Waals surface area contributed by atoms with Crippen molar-refractivity contribution < 1.29 is 5.11 Å². The second-order valence-corrected chi connectivity index (χ2v) is 5.25. The van der Waals surface area contributed by atoms with Gasteiger partial charge in [0, 0.05) is 18.7 Å². The van der Waals surface area contributed by atoms with Gasteiger partial charge in [-0.3, -0.25) is 0 Å². The standard InChI is InChI=1S/C14H29NO/c1-3-5-9-13(4-2)15-14-10-7-6-8-12(14)11-16/h12-16H,3-11H2,1-2H3. The SMILES string of the molecule is CCCCC(CC)NC1CCCCC1CO. The fraction of sp³-hybridized carbons (Fsp3) is 1.00. The highest BCUT2D eigenvalue weighted by Crippen LogP contribution is 2.25. The molecule has 0 radical (unpaired) electrons. The molecule has 16 heavy (non-hydrogen) atoms. The monoisotopic (exact) mass is 227 g/mol. The fourth-order valence-corrected chi connectivity index (χ4v) is 2.80. The summed E-state index contributed by atoms with van der Waals surface area (Å²) in [6, 6.07) is 1.23. The molecule has 0 aromatic rings. The molecular formula is C14H29NO. The van der Waals surface area contributed by atoms with Crippen LogP contribution in [0.4, 0.5) is 0 Å². The summed E-state index contributed by atoms with van der Waals surface area (Å²) >= 11 is 0. The van der Waals surface area contributed by atoms with Crippen molar-refractivity contribution in [2.75, 3.05) is 6.61 Å². The van der Waals surface area contributed by atoms with Crippen LogP contribution in [-0.4, -0.2) is 23.8 Å². The Labute approximate surface area is 101 Å². The highest BCUT2D eigenvalue weighted by molar-refractivity contribution is 4.83. The Hall–Kier alpha value is -0.0800. The van der Waals surface area contributed by atoms with Crippen molar-refractivity contribution in [1.82, 2.24) is 5.32 Å². The molecule has 0 aromatic carbocycles. The lowest BCUT2D eigenvalue weighted by Crippen LogP contribution is -2.45. The van der Waals surface area contributed by atoms with Crippen molar-refractivity contribution >= 4 is 0 Å². The summed E-state index contributed by atoms with van der Waals surface area (Å²) in [7, 11) is 0. The van der Waals surface area contributed by atoms with Crippen LogP contribution in [0.15, 0.2) is 0 Å². The molecule has 1 saturated carbocycles. The first-order valence-electron chi connectivity index (χ1n) is 7.18. The van der Waals surface area contributed by atoms with Crippen LogP contribution in [0.3, 0.4) is 0 Å². The Kier molecular flexibility index (Phi) is 7.06. The minimum Gasteiger partial charge on any atom is -0.396 e. The smallest absolute Gasteiger partial charge is 0.0474 e. The third kappa shape index (κ3) is 4.42. The molecule has 0 bridgehead atoms. The van der Waals surface area contributed by atoms with E-state index in [1.54, 1.807) is 0 Å². The third-order valence-corrected chi connectivity index (χ3v) is 3.99. The van der Waals surface area contributed by atoms with Crippen molar-refractivity contribution in [2.24, 2.45) is 5.92 Å². The number of nitrogens with one attached hydrogen (secondary N) is 1. The Morgan fingerprint density at radius 2 is 2.00 bits per heavy atom. The van der Waals surface area contributed by atoms with E-state index in [0.29, 0.717) is 24.6 Å². The van der Waals surface area contributed by atoms with Gasteiger partial charge < -0.3 is 10.4 Å². The number of unbranched alkanes of at least 4 members (excludes halogenated alkanes) is 1. The summed E-state index contributed by atoms with van der Waals surface area (Å²) in [5.41, 5.74) is 0. The average Bonchev–Trinajstić information content (AvgIpc) is 2.34. The summed E-state index contributed by atoms with van der Waals surface area (Å²) < 4.78 is 0. The Morgan fingerprint density at radius 3 is 2.62 bits per heavy atom. The quantitative estimate of drug-likeness (QED) is 0.700. The van der Waals surface area contributed by atoms with Gasteiger partial charge in [-0.25, -0.2) is 0 Å². The van der Waals surface area contributed by atoms with Gasteiger partial charge in [0.05, 0.1) is 0 Å². The molecule has 1 rings (SSSR count). The predicted octanol–water partition coefficient (Wildman–Crippen LogP) is 3.10. The zero-order valence-corrected chi connectivity index (χ0v) is 11.0. The van der Waals surface area contributed by atoms with E-state index in [-0.39, 0.29) is 0 Å². The van der Waals surface area contributed by atoms with E-state index in [0.717, 1.165) is 0 Å². The summed E-state index contributed by atoms with van der Waals surface area (Å²) in [6.45, 7) is 4.88. The maximum atomic E-state index is 9.38. The molecule has 0 amide bonds. The fourth-order valence-electron chi connectivity index (χ4n) is 2.80. The molecule has 3 atom stereocenters. The van der Waals surface area contributed by atoms with Gasteiger partial charge in [0.1, 0.15) is 0 Å². The summed E-state index contributed by atoms with van der Waals surface area (Å²) in [4.78, 5) is 0. The summed E-state index contributed by atoms with van der Waals surface area (Å²) in [6.07, 6.45) is 10.2. The van der Waals surface area contributed by atoms with E-state index in [1.807, 2.05) is 0 Å². The maximum absolute atomic E-state index is 9.38. The second kappa shape index (κ2) is 8.08. The first-order chi connectivity index (χ1) is 7.81. The zero-order valence-electron chi connectivity index (χ0n) is 11.0. The Morgan fingerprint density at radius 1 is 1.25 bits per heavy atom. The molecule has 1 fully saturated rings. The minimum absolute atomic E-state index is 0.363. The molecule has 0 spiro atoms. The highest BCUT2D eigenvalue weighted by Gasteiger charge is 2.25. The molecule has 0 aromatic heterocycles.